The van der Waals surface area contributed by atoms with Crippen LogP contribution in [0.2, 0.25) is 0 Å². The summed E-state index contributed by atoms with van der Waals surface area (Å²) in [6.45, 7) is 3.60. The first-order valence-corrected chi connectivity index (χ1v) is 6.07. The molecule has 0 saturated heterocycles. The van der Waals surface area contributed by atoms with E-state index >= 15 is 0 Å². The summed E-state index contributed by atoms with van der Waals surface area (Å²) in [4.78, 5) is 0. The predicted molar refractivity (Wildman–Crippen MR) is 63.6 cm³/mol. The smallest absolute Gasteiger partial charge is 0.127 e. The van der Waals surface area contributed by atoms with Gasteiger partial charge >= 0.3 is 0 Å². The normalized spacial score (nSPS) is 14.2. The molecular weight excluding hydrogens is 225 g/mol. The Bertz CT molecular complexity index is 400. The molecule has 0 bridgehead atoms. The summed E-state index contributed by atoms with van der Waals surface area (Å²) in [5.74, 6) is 0.164. The molecule has 4 heteroatoms. The second-order valence-electron chi connectivity index (χ2n) is 3.67. The molecule has 0 aliphatic heterocycles. The van der Waals surface area contributed by atoms with Crippen LogP contribution in [0.25, 0.3) is 0 Å². The number of nitrogens with zero attached hydrogens (tertiary/aromatic N) is 1. The molecule has 2 unspecified atom stereocenters. The minimum Gasteiger partial charge on any atom is -0.392 e. The summed E-state index contributed by atoms with van der Waals surface area (Å²) in [5, 5.41) is 18.0. The number of halogens is 1. The van der Waals surface area contributed by atoms with Crippen molar-refractivity contribution in [3.63, 3.8) is 0 Å². The van der Waals surface area contributed by atoms with Crippen molar-refractivity contribution in [3.8, 4) is 6.07 Å². The Morgan fingerprint density at radius 3 is 2.75 bits per heavy atom. The van der Waals surface area contributed by atoms with Gasteiger partial charge in [0.1, 0.15) is 5.82 Å². The molecule has 2 nitrogen and oxygen atoms in total. The number of hydrogen-bond donors (Lipinski definition) is 1. The number of rotatable bonds is 4. The van der Waals surface area contributed by atoms with E-state index in [1.165, 1.54) is 23.9 Å². The standard InChI is InChI=1S/C12H14FNOS/c1-8(15)9(2)16-7-11-5-10(6-14)3-4-12(11)13/h3-5,8-9,15H,7H2,1-2H3. The Labute approximate surface area is 99.1 Å². The van der Waals surface area contributed by atoms with Gasteiger partial charge in [-0.1, -0.05) is 6.92 Å². The number of hydrogen-bond acceptors (Lipinski definition) is 3. The maximum Gasteiger partial charge on any atom is 0.127 e. The molecule has 0 amide bonds. The van der Waals surface area contributed by atoms with Gasteiger partial charge in [-0.3, -0.25) is 0 Å². The average Bonchev–Trinajstić information content (AvgIpc) is 2.27. The predicted octanol–water partition coefficient (Wildman–Crippen LogP) is 2.70. The molecule has 16 heavy (non-hydrogen) atoms. The third-order valence-corrected chi connectivity index (χ3v) is 3.75. The second-order valence-corrected chi connectivity index (χ2v) is 5.04. The zero-order valence-electron chi connectivity index (χ0n) is 9.27. The SMILES string of the molecule is CC(O)C(C)SCc1cc(C#N)ccc1F. The zero-order valence-corrected chi connectivity index (χ0v) is 10.1. The number of thioether (sulfide) groups is 1. The summed E-state index contributed by atoms with van der Waals surface area (Å²) in [6.07, 6.45) is -0.424. The monoisotopic (exact) mass is 239 g/mol. The van der Waals surface area contributed by atoms with E-state index in [1.54, 1.807) is 13.0 Å². The average molecular weight is 239 g/mol. The molecule has 0 radical (unpaired) electrons. The third kappa shape index (κ3) is 3.51. The molecule has 0 aliphatic rings. The van der Waals surface area contributed by atoms with Crippen molar-refractivity contribution in [2.24, 2.45) is 0 Å². The van der Waals surface area contributed by atoms with E-state index in [2.05, 4.69) is 0 Å². The largest absolute Gasteiger partial charge is 0.392 e. The van der Waals surface area contributed by atoms with Gasteiger partial charge < -0.3 is 5.11 Å². The summed E-state index contributed by atoms with van der Waals surface area (Å²) in [6, 6.07) is 6.30. The molecule has 2 atom stereocenters. The molecule has 1 aromatic carbocycles. The van der Waals surface area contributed by atoms with E-state index in [-0.39, 0.29) is 11.1 Å². The van der Waals surface area contributed by atoms with E-state index in [4.69, 9.17) is 5.26 Å². The first kappa shape index (κ1) is 13.0. The molecule has 1 N–H and O–H groups in total. The lowest BCUT2D eigenvalue weighted by atomic mass is 10.1. The van der Waals surface area contributed by atoms with Crippen LogP contribution in [-0.2, 0) is 5.75 Å². The topological polar surface area (TPSA) is 44.0 Å². The van der Waals surface area contributed by atoms with Crippen LogP contribution in [0.4, 0.5) is 4.39 Å². The Balaban J connectivity index is 2.70. The molecule has 1 aromatic rings. The maximum absolute atomic E-state index is 13.4. The van der Waals surface area contributed by atoms with Gasteiger partial charge in [-0.25, -0.2) is 4.39 Å². The number of benzene rings is 1. The van der Waals surface area contributed by atoms with Crippen LogP contribution in [-0.4, -0.2) is 16.5 Å². The third-order valence-electron chi connectivity index (χ3n) is 2.36. The minimum absolute atomic E-state index is 0.0464. The van der Waals surface area contributed by atoms with Crippen molar-refractivity contribution in [1.82, 2.24) is 0 Å². The van der Waals surface area contributed by atoms with Crippen LogP contribution in [0.5, 0.6) is 0 Å². The van der Waals surface area contributed by atoms with Crippen molar-refractivity contribution in [2.75, 3.05) is 0 Å². The van der Waals surface area contributed by atoms with Crippen LogP contribution in [0.3, 0.4) is 0 Å². The van der Waals surface area contributed by atoms with Gasteiger partial charge in [0, 0.05) is 11.0 Å². The summed E-state index contributed by atoms with van der Waals surface area (Å²) >= 11 is 1.47. The van der Waals surface area contributed by atoms with E-state index in [9.17, 15) is 9.50 Å². The van der Waals surface area contributed by atoms with Gasteiger partial charge in [0.05, 0.1) is 17.7 Å². The summed E-state index contributed by atoms with van der Waals surface area (Å²) < 4.78 is 13.4. The first-order chi connectivity index (χ1) is 7.54. The lowest BCUT2D eigenvalue weighted by Gasteiger charge is -2.14. The lowest BCUT2D eigenvalue weighted by molar-refractivity contribution is 0.196. The van der Waals surface area contributed by atoms with Gasteiger partial charge in [0.15, 0.2) is 0 Å². The van der Waals surface area contributed by atoms with Crippen molar-refractivity contribution < 1.29 is 9.50 Å². The van der Waals surface area contributed by atoms with E-state index in [1.807, 2.05) is 13.0 Å². The first-order valence-electron chi connectivity index (χ1n) is 5.02. The summed E-state index contributed by atoms with van der Waals surface area (Å²) in [7, 11) is 0. The van der Waals surface area contributed by atoms with Gasteiger partial charge in [-0.15, -0.1) is 0 Å². The van der Waals surface area contributed by atoms with Gasteiger partial charge in [0.2, 0.25) is 0 Å². The molecule has 0 fully saturated rings. The fraction of sp³-hybridized carbons (Fsp3) is 0.417. The second kappa shape index (κ2) is 5.88. The number of aliphatic hydroxyl groups excluding tert-OH is 1. The lowest BCUT2D eigenvalue weighted by Crippen LogP contribution is -2.15. The summed E-state index contributed by atoms with van der Waals surface area (Å²) in [5.41, 5.74) is 0.971. The molecule has 0 spiro atoms. The Kier molecular flexibility index (Phi) is 4.78. The molecular formula is C12H14FNOS. The highest BCUT2D eigenvalue weighted by Gasteiger charge is 2.11. The molecule has 1 rings (SSSR count). The molecule has 0 aromatic heterocycles. The fourth-order valence-electron chi connectivity index (χ4n) is 1.12. The fourth-order valence-corrected chi connectivity index (χ4v) is 2.06. The Morgan fingerprint density at radius 2 is 2.19 bits per heavy atom. The highest BCUT2D eigenvalue weighted by molar-refractivity contribution is 7.99. The van der Waals surface area contributed by atoms with E-state index in [0.29, 0.717) is 16.9 Å². The van der Waals surface area contributed by atoms with Crippen molar-refractivity contribution in [3.05, 3.63) is 35.1 Å². The van der Waals surface area contributed by atoms with Crippen molar-refractivity contribution in [1.29, 1.82) is 5.26 Å². The van der Waals surface area contributed by atoms with Crippen LogP contribution in [0, 0.1) is 17.1 Å². The van der Waals surface area contributed by atoms with Crippen molar-refractivity contribution in [2.45, 2.75) is 31.0 Å². The van der Waals surface area contributed by atoms with Crippen LogP contribution < -0.4 is 0 Å². The maximum atomic E-state index is 13.4. The Morgan fingerprint density at radius 1 is 1.50 bits per heavy atom. The molecule has 86 valence electrons. The zero-order chi connectivity index (χ0) is 12.1. The molecule has 0 aliphatic carbocycles. The van der Waals surface area contributed by atoms with Crippen LogP contribution >= 0.6 is 11.8 Å². The van der Waals surface area contributed by atoms with Crippen LogP contribution in [0.15, 0.2) is 18.2 Å². The highest BCUT2D eigenvalue weighted by Crippen LogP contribution is 2.22. The van der Waals surface area contributed by atoms with E-state index in [0.717, 1.165) is 0 Å². The van der Waals surface area contributed by atoms with Crippen molar-refractivity contribution >= 4 is 11.8 Å². The van der Waals surface area contributed by atoms with Gasteiger partial charge in [-0.05, 0) is 30.7 Å². The quantitative estimate of drug-likeness (QED) is 0.878. The molecule has 0 heterocycles. The van der Waals surface area contributed by atoms with Crippen LogP contribution in [0.1, 0.15) is 25.0 Å². The Hall–Kier alpha value is -1.05. The van der Waals surface area contributed by atoms with Gasteiger partial charge in [0.25, 0.3) is 0 Å². The van der Waals surface area contributed by atoms with E-state index < -0.39 is 6.10 Å². The number of nitriles is 1. The molecule has 0 saturated carbocycles. The number of aliphatic hydroxyl groups is 1. The highest BCUT2D eigenvalue weighted by atomic mass is 32.2. The minimum atomic E-state index is -0.424. The van der Waals surface area contributed by atoms with Gasteiger partial charge in [-0.2, -0.15) is 17.0 Å².